The molecule has 0 saturated carbocycles. The summed E-state index contributed by atoms with van der Waals surface area (Å²) >= 11 is 0. The fraction of sp³-hybridized carbons (Fsp3) is 0.211. The molecule has 0 spiro atoms. The van der Waals surface area contributed by atoms with Crippen LogP contribution < -0.4 is 5.73 Å². The Kier molecular flexibility index (Phi) is 2.88. The molecular weight excluding hydrogens is 256 g/mol. The number of nitrogens with two attached hydrogens (primary N) is 1. The summed E-state index contributed by atoms with van der Waals surface area (Å²) in [6.07, 6.45) is 3.38. The molecule has 0 saturated heterocycles. The first-order valence-electron chi connectivity index (χ1n) is 7.56. The van der Waals surface area contributed by atoms with Crippen molar-refractivity contribution < 1.29 is 0 Å². The van der Waals surface area contributed by atoms with E-state index in [1.54, 1.807) is 0 Å². The second-order valence-electron chi connectivity index (χ2n) is 5.76. The number of anilines is 1. The summed E-state index contributed by atoms with van der Waals surface area (Å²) < 4.78 is 0. The van der Waals surface area contributed by atoms with Gasteiger partial charge in [0.1, 0.15) is 0 Å². The molecule has 1 aliphatic carbocycles. The number of rotatable bonds is 1. The number of aromatic nitrogens is 1. The number of benzene rings is 2. The lowest BCUT2D eigenvalue weighted by molar-refractivity contribution is 0.603. The van der Waals surface area contributed by atoms with Gasteiger partial charge in [-0.1, -0.05) is 48.5 Å². The molecule has 0 aliphatic heterocycles. The third-order valence-corrected chi connectivity index (χ3v) is 4.52. The SMILES string of the molecule is Nc1c2c(nc3ccccc13)[C@@H](c1ccccc1)CCC2. The summed E-state index contributed by atoms with van der Waals surface area (Å²) in [4.78, 5) is 4.95. The Morgan fingerprint density at radius 3 is 2.57 bits per heavy atom. The third-order valence-electron chi connectivity index (χ3n) is 4.52. The average molecular weight is 274 g/mol. The van der Waals surface area contributed by atoms with E-state index in [4.69, 9.17) is 10.7 Å². The van der Waals surface area contributed by atoms with Crippen LogP contribution in [-0.2, 0) is 6.42 Å². The molecule has 1 aliphatic rings. The van der Waals surface area contributed by atoms with Gasteiger partial charge in [0.25, 0.3) is 0 Å². The van der Waals surface area contributed by atoms with Gasteiger partial charge in [-0.25, -0.2) is 0 Å². The van der Waals surface area contributed by atoms with Crippen molar-refractivity contribution in [1.29, 1.82) is 0 Å². The molecule has 0 unspecified atom stereocenters. The van der Waals surface area contributed by atoms with Gasteiger partial charge < -0.3 is 5.73 Å². The first-order chi connectivity index (χ1) is 10.3. The van der Waals surface area contributed by atoms with Crippen LogP contribution in [0.3, 0.4) is 0 Å². The van der Waals surface area contributed by atoms with Gasteiger partial charge in [0, 0.05) is 17.0 Å². The third kappa shape index (κ3) is 1.99. The average Bonchev–Trinajstić information content (AvgIpc) is 2.56. The Balaban J connectivity index is 1.95. The summed E-state index contributed by atoms with van der Waals surface area (Å²) in [6, 6.07) is 18.9. The maximum Gasteiger partial charge on any atom is 0.0726 e. The molecule has 0 bridgehead atoms. The van der Waals surface area contributed by atoms with E-state index < -0.39 is 0 Å². The van der Waals surface area contributed by atoms with E-state index in [9.17, 15) is 0 Å². The molecule has 104 valence electrons. The minimum absolute atomic E-state index is 0.377. The molecule has 4 rings (SSSR count). The Hall–Kier alpha value is -2.35. The highest BCUT2D eigenvalue weighted by molar-refractivity contribution is 5.92. The Morgan fingerprint density at radius 2 is 1.71 bits per heavy atom. The van der Waals surface area contributed by atoms with Gasteiger partial charge >= 0.3 is 0 Å². The maximum atomic E-state index is 6.44. The van der Waals surface area contributed by atoms with Crippen LogP contribution in [0.4, 0.5) is 5.69 Å². The van der Waals surface area contributed by atoms with Gasteiger partial charge in [-0.15, -0.1) is 0 Å². The molecule has 0 fully saturated rings. The summed E-state index contributed by atoms with van der Waals surface area (Å²) in [5, 5.41) is 1.09. The quantitative estimate of drug-likeness (QED) is 0.719. The van der Waals surface area contributed by atoms with Gasteiger partial charge in [-0.3, -0.25) is 4.98 Å². The van der Waals surface area contributed by atoms with Crippen molar-refractivity contribution in [2.24, 2.45) is 0 Å². The highest BCUT2D eigenvalue weighted by atomic mass is 14.8. The van der Waals surface area contributed by atoms with Crippen LogP contribution in [0.15, 0.2) is 54.6 Å². The largest absolute Gasteiger partial charge is 0.398 e. The first kappa shape index (κ1) is 12.4. The first-order valence-corrected chi connectivity index (χ1v) is 7.56. The van der Waals surface area contributed by atoms with Crippen molar-refractivity contribution in [1.82, 2.24) is 4.98 Å². The van der Waals surface area contributed by atoms with E-state index in [0.29, 0.717) is 5.92 Å². The van der Waals surface area contributed by atoms with Crippen LogP contribution in [0.5, 0.6) is 0 Å². The van der Waals surface area contributed by atoms with Gasteiger partial charge in [0.05, 0.1) is 11.2 Å². The molecule has 1 heterocycles. The van der Waals surface area contributed by atoms with Crippen LogP contribution in [-0.4, -0.2) is 4.98 Å². The van der Waals surface area contributed by atoms with Crippen molar-refractivity contribution in [2.45, 2.75) is 25.2 Å². The maximum absolute atomic E-state index is 6.44. The fourth-order valence-electron chi connectivity index (χ4n) is 3.48. The molecule has 2 heteroatoms. The standard InChI is InChI=1S/C19H18N2/c20-18-15-9-4-5-12-17(15)21-19-14(10-6-11-16(18)19)13-7-2-1-3-8-13/h1-5,7-9,12,14H,6,10-11H2,(H2,20,21)/t14-/m1/s1. The summed E-state index contributed by atoms with van der Waals surface area (Å²) in [5.74, 6) is 0.377. The second-order valence-corrected chi connectivity index (χ2v) is 5.76. The predicted octanol–water partition coefficient (Wildman–Crippen LogP) is 4.29. The second kappa shape index (κ2) is 4.88. The predicted molar refractivity (Wildman–Crippen MR) is 87.4 cm³/mol. The zero-order valence-electron chi connectivity index (χ0n) is 11.9. The van der Waals surface area contributed by atoms with Crippen molar-refractivity contribution in [3.05, 3.63) is 71.4 Å². The lowest BCUT2D eigenvalue weighted by Crippen LogP contribution is -2.15. The van der Waals surface area contributed by atoms with Crippen LogP contribution in [0.2, 0.25) is 0 Å². The van der Waals surface area contributed by atoms with E-state index in [-0.39, 0.29) is 0 Å². The van der Waals surface area contributed by atoms with Gasteiger partial charge in [0.2, 0.25) is 0 Å². The van der Waals surface area contributed by atoms with Gasteiger partial charge in [-0.05, 0) is 36.5 Å². The lowest BCUT2D eigenvalue weighted by Gasteiger charge is -2.26. The summed E-state index contributed by atoms with van der Waals surface area (Å²) in [5.41, 5.74) is 12.2. The summed E-state index contributed by atoms with van der Waals surface area (Å²) in [6.45, 7) is 0. The normalized spacial score (nSPS) is 17.6. The van der Waals surface area contributed by atoms with Crippen molar-refractivity contribution in [3.63, 3.8) is 0 Å². The number of hydrogen-bond acceptors (Lipinski definition) is 2. The van der Waals surface area contributed by atoms with Crippen molar-refractivity contribution in [2.75, 3.05) is 5.73 Å². The number of nitrogens with zero attached hydrogens (tertiary/aromatic N) is 1. The molecule has 2 nitrogen and oxygen atoms in total. The van der Waals surface area contributed by atoms with E-state index in [2.05, 4.69) is 42.5 Å². The van der Waals surface area contributed by atoms with Crippen LogP contribution in [0, 0.1) is 0 Å². The number of pyridine rings is 1. The van der Waals surface area contributed by atoms with Crippen LogP contribution >= 0.6 is 0 Å². The summed E-state index contributed by atoms with van der Waals surface area (Å²) in [7, 11) is 0. The molecule has 3 aromatic rings. The van der Waals surface area contributed by atoms with Crippen molar-refractivity contribution in [3.8, 4) is 0 Å². The molecule has 0 radical (unpaired) electrons. The van der Waals surface area contributed by atoms with E-state index in [0.717, 1.165) is 29.4 Å². The molecule has 2 N–H and O–H groups in total. The smallest absolute Gasteiger partial charge is 0.0726 e. The fourth-order valence-corrected chi connectivity index (χ4v) is 3.48. The molecule has 1 aromatic heterocycles. The Labute approximate surface area is 124 Å². The molecule has 21 heavy (non-hydrogen) atoms. The number of nitrogen functional groups attached to an aromatic ring is 1. The molecule has 0 amide bonds. The molecular formula is C19H18N2. The molecule has 1 atom stereocenters. The van der Waals surface area contributed by atoms with Gasteiger partial charge in [0.15, 0.2) is 0 Å². The van der Waals surface area contributed by atoms with E-state index in [1.807, 2.05) is 12.1 Å². The van der Waals surface area contributed by atoms with E-state index in [1.165, 1.54) is 23.2 Å². The number of para-hydroxylation sites is 1. The number of fused-ring (bicyclic) bond motifs is 2. The minimum Gasteiger partial charge on any atom is -0.398 e. The van der Waals surface area contributed by atoms with E-state index >= 15 is 0 Å². The minimum atomic E-state index is 0.377. The Morgan fingerprint density at radius 1 is 0.952 bits per heavy atom. The zero-order chi connectivity index (χ0) is 14.2. The molecule has 2 aromatic carbocycles. The van der Waals surface area contributed by atoms with Gasteiger partial charge in [-0.2, -0.15) is 0 Å². The van der Waals surface area contributed by atoms with Crippen LogP contribution in [0.25, 0.3) is 10.9 Å². The topological polar surface area (TPSA) is 38.9 Å². The monoisotopic (exact) mass is 274 g/mol. The lowest BCUT2D eigenvalue weighted by atomic mass is 9.81. The van der Waals surface area contributed by atoms with Crippen LogP contribution in [0.1, 0.15) is 35.6 Å². The Bertz CT molecular complexity index is 793. The highest BCUT2D eigenvalue weighted by Crippen LogP contribution is 2.39. The van der Waals surface area contributed by atoms with Crippen molar-refractivity contribution >= 4 is 16.6 Å². The highest BCUT2D eigenvalue weighted by Gasteiger charge is 2.25. The number of hydrogen-bond donors (Lipinski definition) is 1. The zero-order valence-corrected chi connectivity index (χ0v) is 11.9.